The van der Waals surface area contributed by atoms with Crippen molar-refractivity contribution in [3.05, 3.63) is 58.9 Å². The summed E-state index contributed by atoms with van der Waals surface area (Å²) in [7, 11) is 0. The molecule has 3 rings (SSSR count). The number of rotatable bonds is 9. The third kappa shape index (κ3) is 6.74. The minimum atomic E-state index is -0.821. The third-order valence-electron chi connectivity index (χ3n) is 5.40. The minimum Gasteiger partial charge on any atom is -0.390 e. The fourth-order valence-corrected chi connectivity index (χ4v) is 3.99. The summed E-state index contributed by atoms with van der Waals surface area (Å²) in [5, 5.41) is 13.8. The smallest absolute Gasteiger partial charge is 0.238 e. The molecule has 2 aromatic carbocycles. The summed E-state index contributed by atoms with van der Waals surface area (Å²) >= 11 is 6.17. The zero-order chi connectivity index (χ0) is 23.1. The van der Waals surface area contributed by atoms with Crippen molar-refractivity contribution in [1.82, 2.24) is 9.80 Å². The number of aryl methyl sites for hydroxylation is 1. The van der Waals surface area contributed by atoms with Gasteiger partial charge in [0, 0.05) is 32.7 Å². The molecule has 0 aromatic heterocycles. The van der Waals surface area contributed by atoms with E-state index in [9.17, 15) is 19.1 Å². The molecule has 1 aliphatic rings. The van der Waals surface area contributed by atoms with Crippen LogP contribution < -0.4 is 10.2 Å². The van der Waals surface area contributed by atoms with E-state index in [4.69, 9.17) is 11.6 Å². The fraction of sp³-hybridized carbons (Fsp3) is 0.391. The normalized spacial score (nSPS) is 15.9. The predicted octanol–water partition coefficient (Wildman–Crippen LogP) is 2.37. The van der Waals surface area contributed by atoms with Crippen molar-refractivity contribution in [1.29, 1.82) is 0 Å². The van der Waals surface area contributed by atoms with Crippen LogP contribution >= 0.6 is 11.6 Å². The molecule has 1 fully saturated rings. The van der Waals surface area contributed by atoms with Crippen LogP contribution in [0.2, 0.25) is 5.02 Å². The molecule has 2 amide bonds. The molecule has 2 N–H and O–H groups in total. The number of β-amino-alcohol motifs (C(OH)–C–C–N with tert-alkyl or cyclic N) is 1. The number of nitrogens with zero attached hydrogens (tertiary/aromatic N) is 3. The molecule has 1 unspecified atom stereocenters. The van der Waals surface area contributed by atoms with Crippen molar-refractivity contribution in [2.45, 2.75) is 13.0 Å². The van der Waals surface area contributed by atoms with Gasteiger partial charge in [-0.15, -0.1) is 0 Å². The molecule has 0 aliphatic carbocycles. The number of aliphatic hydroxyl groups is 1. The molecular weight excluding hydrogens is 435 g/mol. The van der Waals surface area contributed by atoms with Crippen molar-refractivity contribution in [2.75, 3.05) is 56.0 Å². The summed E-state index contributed by atoms with van der Waals surface area (Å²) in [6, 6.07) is 11.5. The average molecular weight is 463 g/mol. The molecule has 1 aliphatic heterocycles. The van der Waals surface area contributed by atoms with Gasteiger partial charge in [-0.05, 0) is 36.8 Å². The second kappa shape index (κ2) is 11.4. The van der Waals surface area contributed by atoms with Crippen LogP contribution in [-0.2, 0) is 9.59 Å². The summed E-state index contributed by atoms with van der Waals surface area (Å²) in [6.45, 7) is 5.26. The Bertz CT molecular complexity index is 937. The highest BCUT2D eigenvalue weighted by atomic mass is 35.5. The van der Waals surface area contributed by atoms with E-state index in [1.54, 1.807) is 24.3 Å². The Hall–Kier alpha value is -2.52. The van der Waals surface area contributed by atoms with Gasteiger partial charge >= 0.3 is 0 Å². The Morgan fingerprint density at radius 1 is 1.22 bits per heavy atom. The first kappa shape index (κ1) is 24.1. The largest absolute Gasteiger partial charge is 0.390 e. The molecule has 7 nitrogen and oxygen atoms in total. The Balaban J connectivity index is 1.42. The Labute approximate surface area is 192 Å². The number of hydrogen-bond donors (Lipinski definition) is 2. The van der Waals surface area contributed by atoms with Gasteiger partial charge < -0.3 is 15.3 Å². The van der Waals surface area contributed by atoms with E-state index >= 15 is 0 Å². The molecule has 1 saturated heterocycles. The number of halogens is 2. The van der Waals surface area contributed by atoms with Crippen molar-refractivity contribution < 1.29 is 19.1 Å². The maximum atomic E-state index is 13.9. The first-order valence-electron chi connectivity index (χ1n) is 10.5. The van der Waals surface area contributed by atoms with Gasteiger partial charge in [-0.3, -0.25) is 19.4 Å². The van der Waals surface area contributed by atoms with Crippen LogP contribution in [0.1, 0.15) is 5.56 Å². The molecule has 32 heavy (non-hydrogen) atoms. The maximum Gasteiger partial charge on any atom is 0.238 e. The number of anilines is 2. The standard InChI is InChI=1S/C23H28ClFN4O3/c1-17-6-7-21(19(24)12-17)26-23(32)15-28-10-8-27(9-11-28)13-18(31)14-29(16-30)22-5-3-2-4-20(22)25/h2-7,12,16,18,31H,8-11,13-15H2,1H3,(H,26,32). The number of piperazine rings is 1. The second-order valence-electron chi connectivity index (χ2n) is 7.97. The summed E-state index contributed by atoms with van der Waals surface area (Å²) in [5.41, 5.74) is 1.76. The van der Waals surface area contributed by atoms with Gasteiger partial charge in [0.15, 0.2) is 0 Å². The molecule has 9 heteroatoms. The number of benzene rings is 2. The van der Waals surface area contributed by atoms with Crippen molar-refractivity contribution in [3.8, 4) is 0 Å². The summed E-state index contributed by atoms with van der Waals surface area (Å²) in [5.74, 6) is -0.638. The minimum absolute atomic E-state index is 0.00433. The van der Waals surface area contributed by atoms with Crippen LogP contribution in [0.3, 0.4) is 0 Å². The Morgan fingerprint density at radius 2 is 1.91 bits per heavy atom. The lowest BCUT2D eigenvalue weighted by Crippen LogP contribution is -2.51. The summed E-state index contributed by atoms with van der Waals surface area (Å²) < 4.78 is 13.9. The highest BCUT2D eigenvalue weighted by Crippen LogP contribution is 2.22. The SMILES string of the molecule is Cc1ccc(NC(=O)CN2CCN(CC(O)CN(C=O)c3ccccc3F)CC2)c(Cl)c1. The van der Waals surface area contributed by atoms with Crippen LogP contribution in [0.5, 0.6) is 0 Å². The quantitative estimate of drug-likeness (QED) is 0.559. The van der Waals surface area contributed by atoms with Gasteiger partial charge in [-0.25, -0.2) is 4.39 Å². The van der Waals surface area contributed by atoms with Gasteiger partial charge in [0.2, 0.25) is 12.3 Å². The molecule has 0 bridgehead atoms. The number of para-hydroxylation sites is 1. The van der Waals surface area contributed by atoms with Gasteiger partial charge in [0.1, 0.15) is 5.82 Å². The van der Waals surface area contributed by atoms with Crippen molar-refractivity contribution >= 4 is 35.3 Å². The highest BCUT2D eigenvalue weighted by Gasteiger charge is 2.22. The molecular formula is C23H28ClFN4O3. The molecule has 2 aromatic rings. The number of amides is 2. The number of nitrogens with one attached hydrogen (secondary N) is 1. The van der Waals surface area contributed by atoms with Crippen LogP contribution in [0, 0.1) is 12.7 Å². The number of hydrogen-bond acceptors (Lipinski definition) is 5. The zero-order valence-corrected chi connectivity index (χ0v) is 18.8. The van der Waals surface area contributed by atoms with Gasteiger partial charge in [-0.2, -0.15) is 0 Å². The lowest BCUT2D eigenvalue weighted by atomic mass is 10.2. The van der Waals surface area contributed by atoms with E-state index in [0.717, 1.165) is 5.56 Å². The first-order valence-corrected chi connectivity index (χ1v) is 10.9. The average Bonchev–Trinajstić information content (AvgIpc) is 2.76. The van der Waals surface area contributed by atoms with E-state index < -0.39 is 11.9 Å². The highest BCUT2D eigenvalue weighted by molar-refractivity contribution is 6.33. The van der Waals surface area contributed by atoms with Crippen molar-refractivity contribution in [3.63, 3.8) is 0 Å². The maximum absolute atomic E-state index is 13.9. The topological polar surface area (TPSA) is 76.1 Å². The molecule has 172 valence electrons. The Morgan fingerprint density at radius 3 is 2.56 bits per heavy atom. The van der Waals surface area contributed by atoms with Crippen LogP contribution in [-0.4, -0.2) is 79.1 Å². The molecule has 0 saturated carbocycles. The lowest BCUT2D eigenvalue weighted by molar-refractivity contribution is -0.117. The van der Waals surface area contributed by atoms with Gasteiger partial charge in [0.25, 0.3) is 0 Å². The summed E-state index contributed by atoms with van der Waals surface area (Å²) in [4.78, 5) is 29.0. The van der Waals surface area contributed by atoms with Crippen LogP contribution in [0.4, 0.5) is 15.8 Å². The third-order valence-corrected chi connectivity index (χ3v) is 5.71. The Kier molecular flexibility index (Phi) is 8.58. The number of carbonyl (C=O) groups excluding carboxylic acids is 2. The van der Waals surface area contributed by atoms with E-state index in [0.29, 0.717) is 49.8 Å². The van der Waals surface area contributed by atoms with E-state index in [-0.39, 0.29) is 24.7 Å². The molecule has 1 heterocycles. The first-order chi connectivity index (χ1) is 15.4. The molecule has 0 radical (unpaired) electrons. The number of aliphatic hydroxyl groups excluding tert-OH is 1. The van der Waals surface area contributed by atoms with Crippen LogP contribution in [0.15, 0.2) is 42.5 Å². The fourth-order valence-electron chi connectivity index (χ4n) is 3.71. The van der Waals surface area contributed by atoms with E-state index in [1.165, 1.54) is 17.0 Å². The van der Waals surface area contributed by atoms with Crippen LogP contribution in [0.25, 0.3) is 0 Å². The second-order valence-corrected chi connectivity index (χ2v) is 8.38. The van der Waals surface area contributed by atoms with E-state index in [2.05, 4.69) is 10.2 Å². The summed E-state index contributed by atoms with van der Waals surface area (Å²) in [6.07, 6.45) is -0.295. The van der Waals surface area contributed by atoms with Gasteiger partial charge in [0.05, 0.1) is 35.6 Å². The lowest BCUT2D eigenvalue weighted by Gasteiger charge is -2.35. The van der Waals surface area contributed by atoms with E-state index in [1.807, 2.05) is 17.9 Å². The zero-order valence-electron chi connectivity index (χ0n) is 18.0. The molecule has 1 atom stereocenters. The van der Waals surface area contributed by atoms with Crippen molar-refractivity contribution in [2.24, 2.45) is 0 Å². The molecule has 0 spiro atoms. The number of carbonyl (C=O) groups is 2. The predicted molar refractivity (Wildman–Crippen MR) is 124 cm³/mol. The monoisotopic (exact) mass is 462 g/mol. The van der Waals surface area contributed by atoms with Gasteiger partial charge in [-0.1, -0.05) is 29.8 Å².